The molecule has 0 radical (unpaired) electrons. The van der Waals surface area contributed by atoms with E-state index in [1.165, 1.54) is 20.3 Å². The number of methoxy groups -OCH3 is 2. The lowest BCUT2D eigenvalue weighted by Crippen LogP contribution is -2.41. The van der Waals surface area contributed by atoms with Gasteiger partial charge in [0.1, 0.15) is 6.54 Å². The number of ether oxygens (including phenoxy) is 2. The number of carbonyl (C=O) groups is 1. The van der Waals surface area contributed by atoms with Gasteiger partial charge in [0, 0.05) is 31.9 Å². The van der Waals surface area contributed by atoms with Gasteiger partial charge in [-0.05, 0) is 30.7 Å². The van der Waals surface area contributed by atoms with Gasteiger partial charge in [-0.15, -0.1) is 0 Å². The summed E-state index contributed by atoms with van der Waals surface area (Å²) in [5, 5.41) is 2.79. The molecule has 8 nitrogen and oxygen atoms in total. The molecule has 0 unspecified atom stereocenters. The molecule has 0 saturated heterocycles. The Morgan fingerprint density at radius 1 is 1.00 bits per heavy atom. The van der Waals surface area contributed by atoms with Gasteiger partial charge in [-0.25, -0.2) is 8.42 Å². The maximum Gasteiger partial charge on any atom is 0.240 e. The van der Waals surface area contributed by atoms with E-state index < -0.39 is 10.0 Å². The van der Waals surface area contributed by atoms with Gasteiger partial charge in [-0.3, -0.25) is 9.10 Å². The maximum absolute atomic E-state index is 12.4. The second kappa shape index (κ2) is 10.7. The van der Waals surface area contributed by atoms with Crippen LogP contribution in [0, 0.1) is 0 Å². The Labute approximate surface area is 178 Å². The van der Waals surface area contributed by atoms with Gasteiger partial charge in [0.05, 0.1) is 26.2 Å². The van der Waals surface area contributed by atoms with Crippen LogP contribution in [0.4, 0.5) is 11.4 Å². The minimum absolute atomic E-state index is 0.317. The summed E-state index contributed by atoms with van der Waals surface area (Å²) in [7, 11) is 1.27. The van der Waals surface area contributed by atoms with Crippen molar-refractivity contribution >= 4 is 27.3 Å². The lowest BCUT2D eigenvalue weighted by molar-refractivity contribution is -0.119. The van der Waals surface area contributed by atoms with Crippen molar-refractivity contribution in [3.05, 3.63) is 48.5 Å². The summed E-state index contributed by atoms with van der Waals surface area (Å²) in [6.45, 7) is 0.887. The Morgan fingerprint density at radius 2 is 1.67 bits per heavy atom. The van der Waals surface area contributed by atoms with Crippen molar-refractivity contribution in [3.8, 4) is 11.5 Å². The third kappa shape index (κ3) is 6.55. The molecule has 0 aliphatic rings. The minimum Gasteiger partial charge on any atom is -0.493 e. The first-order valence-electron chi connectivity index (χ1n) is 9.49. The van der Waals surface area contributed by atoms with Crippen LogP contribution in [0.25, 0.3) is 0 Å². The normalized spacial score (nSPS) is 10.9. The molecule has 2 rings (SSSR count). The quantitative estimate of drug-likeness (QED) is 0.544. The maximum atomic E-state index is 12.4. The van der Waals surface area contributed by atoms with Crippen molar-refractivity contribution in [2.75, 3.05) is 56.4 Å². The summed E-state index contributed by atoms with van der Waals surface area (Å²) in [6, 6.07) is 14.7. The average molecular weight is 436 g/mol. The van der Waals surface area contributed by atoms with Crippen LogP contribution in [0.3, 0.4) is 0 Å². The SMILES string of the molecule is COc1ccc(N(CC(=O)NCCCN(C)c2ccccc2)S(C)(=O)=O)cc1OC. The molecule has 0 aliphatic carbocycles. The summed E-state index contributed by atoms with van der Waals surface area (Å²) in [5.74, 6) is 0.479. The summed E-state index contributed by atoms with van der Waals surface area (Å²) < 4.78 is 36.0. The Balaban J connectivity index is 1.95. The number of anilines is 2. The van der Waals surface area contributed by atoms with E-state index in [0.717, 1.165) is 29.2 Å². The molecule has 30 heavy (non-hydrogen) atoms. The number of amides is 1. The first kappa shape index (κ1) is 23.3. The second-order valence-electron chi connectivity index (χ2n) is 6.77. The smallest absolute Gasteiger partial charge is 0.240 e. The third-order valence-corrected chi connectivity index (χ3v) is 5.67. The summed E-state index contributed by atoms with van der Waals surface area (Å²) in [5.41, 5.74) is 1.43. The molecule has 0 aromatic heterocycles. The van der Waals surface area contributed by atoms with Crippen molar-refractivity contribution in [1.82, 2.24) is 5.32 Å². The zero-order chi connectivity index (χ0) is 22.1. The van der Waals surface area contributed by atoms with Gasteiger partial charge in [0.15, 0.2) is 11.5 Å². The van der Waals surface area contributed by atoms with E-state index in [1.54, 1.807) is 12.1 Å². The fourth-order valence-electron chi connectivity index (χ4n) is 2.92. The second-order valence-corrected chi connectivity index (χ2v) is 8.68. The van der Waals surface area contributed by atoms with Crippen LogP contribution in [0.5, 0.6) is 11.5 Å². The Hall–Kier alpha value is -2.94. The molecule has 0 saturated carbocycles. The molecule has 9 heteroatoms. The number of rotatable bonds is 11. The number of nitrogens with one attached hydrogen (secondary N) is 1. The number of sulfonamides is 1. The molecule has 2 aromatic carbocycles. The van der Waals surface area contributed by atoms with Crippen LogP contribution < -0.4 is 24.0 Å². The molecular weight excluding hydrogens is 406 g/mol. The molecule has 0 heterocycles. The topological polar surface area (TPSA) is 88.2 Å². The molecule has 0 atom stereocenters. The van der Waals surface area contributed by atoms with Gasteiger partial charge >= 0.3 is 0 Å². The van der Waals surface area contributed by atoms with Gasteiger partial charge in [0.2, 0.25) is 15.9 Å². The van der Waals surface area contributed by atoms with E-state index in [-0.39, 0.29) is 12.5 Å². The predicted molar refractivity (Wildman–Crippen MR) is 119 cm³/mol. The molecular formula is C21H29N3O5S. The van der Waals surface area contributed by atoms with Gasteiger partial charge in [-0.2, -0.15) is 0 Å². The number of benzene rings is 2. The number of hydrogen-bond donors (Lipinski definition) is 1. The Bertz CT molecular complexity index is 935. The van der Waals surface area contributed by atoms with E-state index in [2.05, 4.69) is 10.2 Å². The molecule has 2 aromatic rings. The van der Waals surface area contributed by atoms with E-state index in [0.29, 0.717) is 23.7 Å². The number of carbonyl (C=O) groups excluding carboxylic acids is 1. The van der Waals surface area contributed by atoms with Crippen molar-refractivity contribution in [3.63, 3.8) is 0 Å². The number of hydrogen-bond acceptors (Lipinski definition) is 6. The minimum atomic E-state index is -3.67. The van der Waals surface area contributed by atoms with Crippen molar-refractivity contribution in [2.45, 2.75) is 6.42 Å². The number of nitrogens with zero attached hydrogens (tertiary/aromatic N) is 2. The van der Waals surface area contributed by atoms with E-state index in [9.17, 15) is 13.2 Å². The van der Waals surface area contributed by atoms with Crippen LogP contribution in [-0.2, 0) is 14.8 Å². The fraction of sp³-hybridized carbons (Fsp3) is 0.381. The molecule has 0 fully saturated rings. The lowest BCUT2D eigenvalue weighted by Gasteiger charge is -2.23. The van der Waals surface area contributed by atoms with Gasteiger partial charge < -0.3 is 19.7 Å². The Kier molecular flexibility index (Phi) is 8.35. The highest BCUT2D eigenvalue weighted by atomic mass is 32.2. The van der Waals surface area contributed by atoms with Crippen LogP contribution in [0.15, 0.2) is 48.5 Å². The molecule has 0 aliphatic heterocycles. The largest absolute Gasteiger partial charge is 0.493 e. The molecule has 1 N–H and O–H groups in total. The van der Waals surface area contributed by atoms with E-state index >= 15 is 0 Å². The van der Waals surface area contributed by atoms with E-state index in [4.69, 9.17) is 9.47 Å². The summed E-state index contributed by atoms with van der Waals surface area (Å²) in [4.78, 5) is 14.5. The fourth-order valence-corrected chi connectivity index (χ4v) is 3.77. The van der Waals surface area contributed by atoms with Crippen LogP contribution >= 0.6 is 0 Å². The number of para-hydroxylation sites is 1. The highest BCUT2D eigenvalue weighted by Gasteiger charge is 2.22. The van der Waals surface area contributed by atoms with Gasteiger partial charge in [0.25, 0.3) is 0 Å². The first-order valence-corrected chi connectivity index (χ1v) is 11.3. The lowest BCUT2D eigenvalue weighted by atomic mass is 10.2. The van der Waals surface area contributed by atoms with Crippen molar-refractivity contribution in [2.24, 2.45) is 0 Å². The highest BCUT2D eigenvalue weighted by molar-refractivity contribution is 7.92. The Morgan fingerprint density at radius 3 is 2.27 bits per heavy atom. The van der Waals surface area contributed by atoms with Crippen LogP contribution in [0.2, 0.25) is 0 Å². The molecule has 1 amide bonds. The van der Waals surface area contributed by atoms with Crippen molar-refractivity contribution in [1.29, 1.82) is 0 Å². The molecule has 0 bridgehead atoms. The standard InChI is InChI=1S/C21H29N3O5S/c1-23(17-9-6-5-7-10-17)14-8-13-22-21(25)16-24(30(4,26)27)18-11-12-19(28-2)20(15-18)29-3/h5-7,9-12,15H,8,13-14,16H2,1-4H3,(H,22,25). The third-order valence-electron chi connectivity index (χ3n) is 4.53. The first-order chi connectivity index (χ1) is 14.3. The van der Waals surface area contributed by atoms with Crippen LogP contribution in [-0.4, -0.2) is 61.5 Å². The van der Waals surface area contributed by atoms with E-state index in [1.807, 2.05) is 37.4 Å². The summed E-state index contributed by atoms with van der Waals surface area (Å²) >= 11 is 0. The van der Waals surface area contributed by atoms with Gasteiger partial charge in [-0.1, -0.05) is 18.2 Å². The highest BCUT2D eigenvalue weighted by Crippen LogP contribution is 2.32. The zero-order valence-electron chi connectivity index (χ0n) is 17.8. The summed E-state index contributed by atoms with van der Waals surface area (Å²) in [6.07, 6.45) is 1.79. The predicted octanol–water partition coefficient (Wildman–Crippen LogP) is 2.11. The average Bonchev–Trinajstić information content (AvgIpc) is 2.74. The molecule has 0 spiro atoms. The van der Waals surface area contributed by atoms with Crippen molar-refractivity contribution < 1.29 is 22.7 Å². The molecule has 164 valence electrons. The monoisotopic (exact) mass is 435 g/mol. The zero-order valence-corrected chi connectivity index (χ0v) is 18.6. The van der Waals surface area contributed by atoms with Crippen LogP contribution in [0.1, 0.15) is 6.42 Å².